The van der Waals surface area contributed by atoms with Crippen LogP contribution in [0.2, 0.25) is 0 Å². The van der Waals surface area contributed by atoms with Gasteiger partial charge in [-0.1, -0.05) is 95.1 Å². The van der Waals surface area contributed by atoms with Crippen molar-refractivity contribution in [2.75, 3.05) is 0 Å². The Morgan fingerprint density at radius 3 is 1.11 bits per heavy atom. The van der Waals surface area contributed by atoms with Gasteiger partial charge >= 0.3 is 0 Å². The lowest BCUT2D eigenvalue weighted by Gasteiger charge is -2.19. The number of rotatable bonds is 4. The fraction of sp³-hybridized carbons (Fsp3) is 0.0755. The molecule has 0 radical (unpaired) electrons. The molecule has 270 valence electrons. The van der Waals surface area contributed by atoms with Crippen LogP contribution in [0.25, 0.3) is 93.6 Å². The van der Waals surface area contributed by atoms with Gasteiger partial charge in [0.2, 0.25) is 0 Å². The van der Waals surface area contributed by atoms with E-state index in [0.717, 1.165) is 50.3 Å². The van der Waals surface area contributed by atoms with E-state index >= 15 is 0 Å². The predicted octanol–water partition coefficient (Wildman–Crippen LogP) is 13.8. The molecule has 8 aromatic carbocycles. The largest absolute Gasteiger partial charge is 0.309 e. The van der Waals surface area contributed by atoms with Crippen LogP contribution in [0.3, 0.4) is 0 Å². The zero-order valence-corrected chi connectivity index (χ0v) is 32.3. The highest BCUT2D eigenvalue weighted by Crippen LogP contribution is 2.41. The van der Waals surface area contributed by atoms with Crippen molar-refractivity contribution in [1.29, 1.82) is 5.26 Å². The highest BCUT2D eigenvalue weighted by molar-refractivity contribution is 6.12. The lowest BCUT2D eigenvalue weighted by atomic mass is 9.99. The minimum atomic E-state index is 0.626. The lowest BCUT2D eigenvalue weighted by molar-refractivity contribution is 1.12. The maximum absolute atomic E-state index is 11.4. The van der Waals surface area contributed by atoms with E-state index in [1.165, 1.54) is 65.6 Å². The number of nitrogens with zero attached hydrogens (tertiary/aromatic N) is 4. The van der Waals surface area contributed by atoms with Gasteiger partial charge in [0.05, 0.1) is 44.5 Å². The molecule has 4 nitrogen and oxygen atoms in total. The third-order valence-electron chi connectivity index (χ3n) is 11.9. The maximum Gasteiger partial charge on any atom is 0.104 e. The molecule has 11 rings (SSSR count). The monoisotopic (exact) mass is 730 g/mol. The molecule has 57 heavy (non-hydrogen) atoms. The summed E-state index contributed by atoms with van der Waals surface area (Å²) in [6.45, 7) is 8.58. The molecule has 0 fully saturated rings. The Kier molecular flexibility index (Phi) is 7.14. The van der Waals surface area contributed by atoms with Crippen molar-refractivity contribution in [3.8, 4) is 34.3 Å². The first kappa shape index (κ1) is 33.0. The molecule has 0 spiro atoms. The lowest BCUT2D eigenvalue weighted by Crippen LogP contribution is -2.05. The predicted molar refractivity (Wildman–Crippen MR) is 239 cm³/mol. The second kappa shape index (κ2) is 12.3. The number of hydrogen-bond donors (Lipinski definition) is 0. The molecular weight excluding hydrogens is 693 g/mol. The summed E-state index contributed by atoms with van der Waals surface area (Å²) in [6, 6.07) is 60.0. The quantitative estimate of drug-likeness (QED) is 0.178. The van der Waals surface area contributed by atoms with Gasteiger partial charge in [0.15, 0.2) is 0 Å². The summed E-state index contributed by atoms with van der Waals surface area (Å²) < 4.78 is 6.97. The fourth-order valence-corrected chi connectivity index (χ4v) is 9.27. The van der Waals surface area contributed by atoms with E-state index in [4.69, 9.17) is 0 Å². The minimum Gasteiger partial charge on any atom is -0.309 e. The normalized spacial score (nSPS) is 11.8. The SMILES string of the molecule is Cc1ccc2c(c1)c1cc(C)ccc1n2-c1cc(-c2ccc(-n3c4ccccc4c4ccccc43)cc2)cc(-n2c3ccc(C)cc3c3cc(C)ccc32)c1C#N. The summed E-state index contributed by atoms with van der Waals surface area (Å²) in [6.07, 6.45) is 0. The van der Waals surface area contributed by atoms with Crippen molar-refractivity contribution in [2.45, 2.75) is 27.7 Å². The zero-order chi connectivity index (χ0) is 38.5. The maximum atomic E-state index is 11.4. The van der Waals surface area contributed by atoms with Gasteiger partial charge in [-0.25, -0.2) is 0 Å². The van der Waals surface area contributed by atoms with Crippen LogP contribution in [-0.4, -0.2) is 13.7 Å². The van der Waals surface area contributed by atoms with Crippen molar-refractivity contribution in [3.63, 3.8) is 0 Å². The van der Waals surface area contributed by atoms with Gasteiger partial charge in [-0.05, 0) is 124 Å². The Hall–Kier alpha value is -7.35. The van der Waals surface area contributed by atoms with Crippen molar-refractivity contribution in [2.24, 2.45) is 0 Å². The van der Waals surface area contributed by atoms with E-state index in [1.807, 2.05) is 0 Å². The Balaban J connectivity index is 1.22. The van der Waals surface area contributed by atoms with Crippen LogP contribution in [0, 0.1) is 39.0 Å². The van der Waals surface area contributed by atoms with E-state index in [0.29, 0.717) is 5.56 Å². The van der Waals surface area contributed by atoms with Crippen molar-refractivity contribution < 1.29 is 0 Å². The van der Waals surface area contributed by atoms with Crippen LogP contribution in [0.15, 0.2) is 158 Å². The number of aromatic nitrogens is 3. The summed E-state index contributed by atoms with van der Waals surface area (Å²) in [4.78, 5) is 0. The Bertz CT molecular complexity index is 3190. The second-order valence-corrected chi connectivity index (χ2v) is 15.7. The topological polar surface area (TPSA) is 38.6 Å². The molecule has 0 N–H and O–H groups in total. The Morgan fingerprint density at radius 2 is 0.719 bits per heavy atom. The van der Waals surface area contributed by atoms with Crippen molar-refractivity contribution in [3.05, 3.63) is 186 Å². The molecule has 0 unspecified atom stereocenters. The van der Waals surface area contributed by atoms with E-state index in [9.17, 15) is 5.26 Å². The third kappa shape index (κ3) is 4.92. The number of benzene rings is 8. The standard InChI is InChI=1S/C53H38N4/c1-32-13-21-48-41(25-32)42-26-33(2)14-22-49(42)56(48)52-29-37(36-17-19-38(20-18-36)55-46-11-7-5-9-39(46)40-10-6-8-12-47(40)55)30-53(45(52)31-54)57-50-23-15-34(3)27-43(50)44-28-35(4)16-24-51(44)57/h5-30H,1-4H3. The van der Waals surface area contributed by atoms with Gasteiger partial charge in [-0.15, -0.1) is 0 Å². The van der Waals surface area contributed by atoms with Crippen LogP contribution in [0.5, 0.6) is 0 Å². The van der Waals surface area contributed by atoms with E-state index in [2.05, 4.69) is 205 Å². The highest BCUT2D eigenvalue weighted by atomic mass is 15.0. The average molecular weight is 731 g/mol. The molecule has 0 saturated heterocycles. The first-order valence-corrected chi connectivity index (χ1v) is 19.6. The van der Waals surface area contributed by atoms with Crippen LogP contribution >= 0.6 is 0 Å². The molecule has 0 atom stereocenters. The molecule has 0 aliphatic rings. The average Bonchev–Trinajstić information content (AvgIpc) is 3.85. The van der Waals surface area contributed by atoms with E-state index in [-0.39, 0.29) is 0 Å². The first-order valence-electron chi connectivity index (χ1n) is 19.6. The van der Waals surface area contributed by atoms with Gasteiger partial charge in [-0.2, -0.15) is 5.26 Å². The first-order chi connectivity index (χ1) is 27.9. The summed E-state index contributed by atoms with van der Waals surface area (Å²) in [5.41, 5.74) is 17.1. The molecular formula is C53H38N4. The molecule has 0 aliphatic carbocycles. The van der Waals surface area contributed by atoms with E-state index in [1.54, 1.807) is 0 Å². The number of hydrogen-bond acceptors (Lipinski definition) is 1. The van der Waals surface area contributed by atoms with Crippen LogP contribution < -0.4 is 0 Å². The number of nitriles is 1. The number of aryl methyl sites for hydroxylation is 4. The minimum absolute atomic E-state index is 0.626. The van der Waals surface area contributed by atoms with Gasteiger partial charge in [0, 0.05) is 38.0 Å². The molecule has 4 heteroatoms. The smallest absolute Gasteiger partial charge is 0.104 e. The van der Waals surface area contributed by atoms with Gasteiger partial charge in [-0.3, -0.25) is 0 Å². The van der Waals surface area contributed by atoms with Crippen LogP contribution in [-0.2, 0) is 0 Å². The van der Waals surface area contributed by atoms with Gasteiger partial charge in [0.1, 0.15) is 11.6 Å². The van der Waals surface area contributed by atoms with Crippen molar-refractivity contribution >= 4 is 65.4 Å². The molecule has 0 bridgehead atoms. The molecule has 0 amide bonds. The number of fused-ring (bicyclic) bond motifs is 9. The second-order valence-electron chi connectivity index (χ2n) is 15.7. The summed E-state index contributed by atoms with van der Waals surface area (Å²) in [5, 5.41) is 18.6. The molecule has 3 aromatic heterocycles. The van der Waals surface area contributed by atoms with Crippen LogP contribution in [0.1, 0.15) is 27.8 Å². The Labute approximate surface area is 330 Å². The van der Waals surface area contributed by atoms with Crippen molar-refractivity contribution in [1.82, 2.24) is 13.7 Å². The number of para-hydroxylation sites is 2. The molecule has 0 saturated carbocycles. The van der Waals surface area contributed by atoms with Gasteiger partial charge in [0.25, 0.3) is 0 Å². The van der Waals surface area contributed by atoms with Crippen LogP contribution in [0.4, 0.5) is 0 Å². The molecule has 0 aliphatic heterocycles. The summed E-state index contributed by atoms with van der Waals surface area (Å²) in [7, 11) is 0. The zero-order valence-electron chi connectivity index (χ0n) is 32.3. The molecule has 3 heterocycles. The fourth-order valence-electron chi connectivity index (χ4n) is 9.27. The summed E-state index contributed by atoms with van der Waals surface area (Å²) in [5.74, 6) is 0. The highest BCUT2D eigenvalue weighted by Gasteiger charge is 2.23. The summed E-state index contributed by atoms with van der Waals surface area (Å²) >= 11 is 0. The third-order valence-corrected chi connectivity index (χ3v) is 11.9. The van der Waals surface area contributed by atoms with E-state index < -0.39 is 0 Å². The Morgan fingerprint density at radius 1 is 0.351 bits per heavy atom. The molecule has 11 aromatic rings. The van der Waals surface area contributed by atoms with Gasteiger partial charge < -0.3 is 13.7 Å².